The van der Waals surface area contributed by atoms with Crippen molar-refractivity contribution in [2.24, 2.45) is 0 Å². The van der Waals surface area contributed by atoms with Crippen LogP contribution in [0.1, 0.15) is 23.1 Å². The largest absolute Gasteiger partial charge is 0.0887 e. The van der Waals surface area contributed by atoms with Gasteiger partial charge in [-0.2, -0.15) is 0 Å². The molecule has 2 aromatic carbocycles. The lowest BCUT2D eigenvalue weighted by atomic mass is 10.0. The SMILES string of the molecule is Cc1ccc(CCC(Br)Cc2cccc(Cl)c2)cc1. The number of halogens is 2. The number of aryl methyl sites for hydroxylation is 2. The number of alkyl halides is 1. The second kappa shape index (κ2) is 7.12. The standard InChI is InChI=1S/C17H18BrCl/c1-13-5-7-14(8-6-13)9-10-16(18)11-15-3-2-4-17(19)12-15/h2-8,12,16H,9-11H2,1H3. The molecule has 0 saturated heterocycles. The highest BCUT2D eigenvalue weighted by molar-refractivity contribution is 9.09. The van der Waals surface area contributed by atoms with Crippen molar-refractivity contribution >= 4 is 27.5 Å². The molecule has 0 aromatic heterocycles. The Bertz CT molecular complexity index is 519. The second-order valence-electron chi connectivity index (χ2n) is 4.96. The number of hydrogen-bond donors (Lipinski definition) is 0. The zero-order valence-electron chi connectivity index (χ0n) is 11.1. The molecule has 0 fully saturated rings. The minimum atomic E-state index is 0.493. The fraction of sp³-hybridized carbons (Fsp3) is 0.294. The minimum absolute atomic E-state index is 0.493. The van der Waals surface area contributed by atoms with Gasteiger partial charge in [-0.15, -0.1) is 0 Å². The first-order valence-electron chi connectivity index (χ1n) is 6.57. The monoisotopic (exact) mass is 336 g/mol. The van der Waals surface area contributed by atoms with Crippen LogP contribution in [0.5, 0.6) is 0 Å². The Balaban J connectivity index is 1.84. The molecule has 1 unspecified atom stereocenters. The molecule has 0 radical (unpaired) electrons. The Hall–Kier alpha value is -0.790. The number of benzene rings is 2. The maximum atomic E-state index is 6.00. The molecule has 0 aliphatic carbocycles. The van der Waals surface area contributed by atoms with Gasteiger partial charge in [0.25, 0.3) is 0 Å². The van der Waals surface area contributed by atoms with Gasteiger partial charge in [-0.1, -0.05) is 69.5 Å². The Kier molecular flexibility index (Phi) is 5.47. The molecule has 2 heteroatoms. The van der Waals surface area contributed by atoms with Gasteiger partial charge in [0.05, 0.1) is 0 Å². The molecular weight excluding hydrogens is 320 g/mol. The van der Waals surface area contributed by atoms with Crippen LogP contribution in [0.15, 0.2) is 48.5 Å². The van der Waals surface area contributed by atoms with Crippen molar-refractivity contribution in [3.63, 3.8) is 0 Å². The molecule has 0 heterocycles. The summed E-state index contributed by atoms with van der Waals surface area (Å²) < 4.78 is 0. The van der Waals surface area contributed by atoms with Crippen molar-refractivity contribution in [2.75, 3.05) is 0 Å². The summed E-state index contributed by atoms with van der Waals surface area (Å²) in [5.74, 6) is 0. The van der Waals surface area contributed by atoms with E-state index in [1.807, 2.05) is 18.2 Å². The van der Waals surface area contributed by atoms with Crippen LogP contribution < -0.4 is 0 Å². The number of hydrogen-bond acceptors (Lipinski definition) is 0. The Morgan fingerprint density at radius 3 is 2.47 bits per heavy atom. The van der Waals surface area contributed by atoms with Gasteiger partial charge in [0.15, 0.2) is 0 Å². The maximum Gasteiger partial charge on any atom is 0.0408 e. The van der Waals surface area contributed by atoms with Gasteiger partial charge in [0, 0.05) is 9.85 Å². The topological polar surface area (TPSA) is 0 Å². The van der Waals surface area contributed by atoms with E-state index in [1.165, 1.54) is 16.7 Å². The van der Waals surface area contributed by atoms with Crippen molar-refractivity contribution in [3.05, 3.63) is 70.2 Å². The van der Waals surface area contributed by atoms with E-state index in [0.29, 0.717) is 4.83 Å². The molecule has 0 nitrogen and oxygen atoms in total. The van der Waals surface area contributed by atoms with Gasteiger partial charge in [0.1, 0.15) is 0 Å². The summed E-state index contributed by atoms with van der Waals surface area (Å²) >= 11 is 9.77. The van der Waals surface area contributed by atoms with Crippen LogP contribution in [0.3, 0.4) is 0 Å². The first-order chi connectivity index (χ1) is 9.13. The van der Waals surface area contributed by atoms with E-state index >= 15 is 0 Å². The summed E-state index contributed by atoms with van der Waals surface area (Å²) in [6, 6.07) is 16.9. The fourth-order valence-corrected chi connectivity index (χ4v) is 2.92. The predicted octanol–water partition coefficient (Wildman–Crippen LogP) is 5.59. The lowest BCUT2D eigenvalue weighted by Crippen LogP contribution is -2.04. The van der Waals surface area contributed by atoms with E-state index < -0.39 is 0 Å². The lowest BCUT2D eigenvalue weighted by Gasteiger charge is -2.10. The van der Waals surface area contributed by atoms with E-state index in [9.17, 15) is 0 Å². The van der Waals surface area contributed by atoms with Gasteiger partial charge >= 0.3 is 0 Å². The van der Waals surface area contributed by atoms with Crippen molar-refractivity contribution in [1.29, 1.82) is 0 Å². The van der Waals surface area contributed by atoms with Crippen LogP contribution in [0.4, 0.5) is 0 Å². The first kappa shape index (κ1) is 14.6. The summed E-state index contributed by atoms with van der Waals surface area (Å²) in [6.45, 7) is 2.12. The molecule has 0 spiro atoms. The van der Waals surface area contributed by atoms with Crippen LogP contribution in [0, 0.1) is 6.92 Å². The normalized spacial score (nSPS) is 12.4. The second-order valence-corrected chi connectivity index (χ2v) is 6.69. The average Bonchev–Trinajstić information content (AvgIpc) is 2.38. The van der Waals surface area contributed by atoms with E-state index in [1.54, 1.807) is 0 Å². The molecule has 0 saturated carbocycles. The van der Waals surface area contributed by atoms with Gasteiger partial charge in [0.2, 0.25) is 0 Å². The molecule has 0 amide bonds. The first-order valence-corrected chi connectivity index (χ1v) is 7.87. The predicted molar refractivity (Wildman–Crippen MR) is 87.4 cm³/mol. The maximum absolute atomic E-state index is 6.00. The van der Waals surface area contributed by atoms with Gasteiger partial charge < -0.3 is 0 Å². The van der Waals surface area contributed by atoms with Crippen LogP contribution in [-0.2, 0) is 12.8 Å². The fourth-order valence-electron chi connectivity index (χ4n) is 2.10. The molecule has 2 rings (SSSR count). The Labute approximate surface area is 128 Å². The Morgan fingerprint density at radius 2 is 1.79 bits per heavy atom. The summed E-state index contributed by atoms with van der Waals surface area (Å²) in [4.78, 5) is 0.493. The third-order valence-corrected chi connectivity index (χ3v) is 4.23. The summed E-state index contributed by atoms with van der Waals surface area (Å²) in [5.41, 5.74) is 4.01. The third-order valence-electron chi connectivity index (χ3n) is 3.21. The highest BCUT2D eigenvalue weighted by atomic mass is 79.9. The summed E-state index contributed by atoms with van der Waals surface area (Å²) in [5, 5.41) is 0.815. The third kappa shape index (κ3) is 5.00. The van der Waals surface area contributed by atoms with Gasteiger partial charge in [-0.05, 0) is 49.4 Å². The molecular formula is C17H18BrCl. The molecule has 0 bridgehead atoms. The van der Waals surface area contributed by atoms with E-state index in [0.717, 1.165) is 24.3 Å². The van der Waals surface area contributed by atoms with Gasteiger partial charge in [-0.25, -0.2) is 0 Å². The molecule has 19 heavy (non-hydrogen) atoms. The van der Waals surface area contributed by atoms with Crippen LogP contribution in [-0.4, -0.2) is 4.83 Å². The molecule has 100 valence electrons. The van der Waals surface area contributed by atoms with E-state index in [-0.39, 0.29) is 0 Å². The van der Waals surface area contributed by atoms with Crippen LogP contribution in [0.2, 0.25) is 5.02 Å². The smallest absolute Gasteiger partial charge is 0.0408 e. The molecule has 0 N–H and O–H groups in total. The number of rotatable bonds is 5. The molecule has 1 atom stereocenters. The highest BCUT2D eigenvalue weighted by Gasteiger charge is 2.06. The minimum Gasteiger partial charge on any atom is -0.0887 e. The van der Waals surface area contributed by atoms with Gasteiger partial charge in [-0.3, -0.25) is 0 Å². The lowest BCUT2D eigenvalue weighted by molar-refractivity contribution is 0.763. The quantitative estimate of drug-likeness (QED) is 0.624. The molecule has 0 aliphatic rings. The molecule has 0 aliphatic heterocycles. The van der Waals surface area contributed by atoms with Crippen LogP contribution in [0.25, 0.3) is 0 Å². The average molecular weight is 338 g/mol. The van der Waals surface area contributed by atoms with E-state index in [4.69, 9.17) is 11.6 Å². The van der Waals surface area contributed by atoms with Crippen LogP contribution >= 0.6 is 27.5 Å². The zero-order chi connectivity index (χ0) is 13.7. The molecule has 2 aromatic rings. The zero-order valence-corrected chi connectivity index (χ0v) is 13.4. The van der Waals surface area contributed by atoms with Crippen molar-refractivity contribution < 1.29 is 0 Å². The highest BCUT2D eigenvalue weighted by Crippen LogP contribution is 2.19. The summed E-state index contributed by atoms with van der Waals surface area (Å²) in [6.07, 6.45) is 3.26. The van der Waals surface area contributed by atoms with Crippen molar-refractivity contribution in [1.82, 2.24) is 0 Å². The van der Waals surface area contributed by atoms with Crippen molar-refractivity contribution in [3.8, 4) is 0 Å². The van der Waals surface area contributed by atoms with E-state index in [2.05, 4.69) is 53.2 Å². The van der Waals surface area contributed by atoms with Crippen molar-refractivity contribution in [2.45, 2.75) is 31.0 Å². The summed E-state index contributed by atoms with van der Waals surface area (Å²) in [7, 11) is 0. The Morgan fingerprint density at radius 1 is 1.05 bits per heavy atom.